The van der Waals surface area contributed by atoms with Crippen molar-refractivity contribution >= 4 is 21.6 Å². The summed E-state index contributed by atoms with van der Waals surface area (Å²) in [4.78, 5) is 13.8. The van der Waals surface area contributed by atoms with Crippen LogP contribution in [0.5, 0.6) is 5.75 Å². The molecule has 140 valence electrons. The van der Waals surface area contributed by atoms with E-state index in [1.165, 1.54) is 17.0 Å². The topological polar surface area (TPSA) is 88.8 Å². The van der Waals surface area contributed by atoms with Gasteiger partial charge in [0.15, 0.2) is 5.60 Å². The van der Waals surface area contributed by atoms with Crippen LogP contribution in [0.1, 0.15) is 25.4 Å². The number of nitrogens with one attached hydrogen (secondary N) is 1. The highest BCUT2D eigenvalue weighted by atomic mass is 32.2. The number of nitrogens with zero attached hydrogens (tertiary/aromatic N) is 1. The summed E-state index contributed by atoms with van der Waals surface area (Å²) >= 11 is 0. The van der Waals surface area contributed by atoms with Crippen LogP contribution in [0.4, 0.5) is 5.69 Å². The summed E-state index contributed by atoms with van der Waals surface area (Å²) < 4.78 is 38.8. The Morgan fingerprint density at radius 2 is 1.92 bits per heavy atom. The first-order chi connectivity index (χ1) is 12.1. The lowest BCUT2D eigenvalue weighted by molar-refractivity contribution is -0.132. The maximum Gasteiger partial charge on any atom is 0.270 e. The number of sulfonamides is 1. The summed E-state index contributed by atoms with van der Waals surface area (Å²) in [6, 6.07) is 8.14. The molecular weight excluding hydrogens is 356 g/mol. The normalized spacial score (nSPS) is 16.3. The Balaban J connectivity index is 1.77. The van der Waals surface area contributed by atoms with E-state index in [-0.39, 0.29) is 17.3 Å². The number of amides is 1. The van der Waals surface area contributed by atoms with Gasteiger partial charge in [0, 0.05) is 26.1 Å². The molecule has 7 nitrogen and oxygen atoms in total. The Morgan fingerprint density at radius 3 is 2.58 bits per heavy atom. The third kappa shape index (κ3) is 3.47. The minimum Gasteiger partial charge on any atom is -0.476 e. The Hall–Kier alpha value is -2.32. The van der Waals surface area contributed by atoms with E-state index in [0.717, 1.165) is 11.5 Å². The predicted molar refractivity (Wildman–Crippen MR) is 96.9 cm³/mol. The molecule has 3 rings (SSSR count). The van der Waals surface area contributed by atoms with Gasteiger partial charge in [0.1, 0.15) is 17.3 Å². The number of fused-ring (bicyclic) bond motifs is 1. The van der Waals surface area contributed by atoms with Crippen LogP contribution in [-0.2, 0) is 21.2 Å². The summed E-state index contributed by atoms with van der Waals surface area (Å²) in [5.74, 6) is 1.69. The molecule has 2 aromatic rings. The summed E-state index contributed by atoms with van der Waals surface area (Å²) in [5, 5.41) is 0. The molecule has 0 aliphatic carbocycles. The molecule has 0 radical (unpaired) electrons. The summed E-state index contributed by atoms with van der Waals surface area (Å²) in [6.45, 7) is 5.36. The SMILES string of the molecule is Cc1ccc(CCNS(=O)(=O)c2ccc3c(c2)OC(C)(C)C(=O)N3C)o1. The van der Waals surface area contributed by atoms with Crippen LogP contribution in [-0.4, -0.2) is 33.5 Å². The first kappa shape index (κ1) is 18.5. The molecule has 0 saturated carbocycles. The van der Waals surface area contributed by atoms with Gasteiger partial charge in [-0.25, -0.2) is 13.1 Å². The minimum absolute atomic E-state index is 0.0884. The fourth-order valence-electron chi connectivity index (χ4n) is 2.86. The number of ether oxygens (including phenoxy) is 1. The molecule has 0 spiro atoms. The maximum atomic E-state index is 12.5. The van der Waals surface area contributed by atoms with Crippen molar-refractivity contribution in [3.05, 3.63) is 41.9 Å². The molecule has 1 amide bonds. The average molecular weight is 378 g/mol. The minimum atomic E-state index is -3.70. The lowest BCUT2D eigenvalue weighted by Crippen LogP contribution is -2.50. The van der Waals surface area contributed by atoms with Crippen molar-refractivity contribution in [1.82, 2.24) is 4.72 Å². The van der Waals surface area contributed by atoms with Gasteiger partial charge in [-0.05, 0) is 45.0 Å². The smallest absolute Gasteiger partial charge is 0.270 e. The lowest BCUT2D eigenvalue weighted by atomic mass is 10.0. The van der Waals surface area contributed by atoms with Gasteiger partial charge in [-0.15, -0.1) is 0 Å². The standard InChI is InChI=1S/C18H22N2O5S/c1-12-5-6-13(24-12)9-10-19-26(22,23)14-7-8-15-16(11-14)25-18(2,3)17(21)20(15)4/h5-8,11,19H,9-10H2,1-4H3. The van der Waals surface area contributed by atoms with Crippen LogP contribution in [0.15, 0.2) is 39.6 Å². The van der Waals surface area contributed by atoms with Crippen molar-refractivity contribution < 1.29 is 22.4 Å². The molecule has 0 unspecified atom stereocenters. The molecule has 1 aromatic heterocycles. The number of likely N-dealkylation sites (N-methyl/N-ethyl adjacent to an activating group) is 1. The largest absolute Gasteiger partial charge is 0.476 e. The van der Waals surface area contributed by atoms with Gasteiger partial charge < -0.3 is 14.1 Å². The molecular formula is C18H22N2O5S. The second-order valence-electron chi connectivity index (χ2n) is 6.77. The van der Waals surface area contributed by atoms with Gasteiger partial charge in [-0.3, -0.25) is 4.79 Å². The third-order valence-electron chi connectivity index (χ3n) is 4.25. The number of carbonyl (C=O) groups excluding carboxylic acids is 1. The highest BCUT2D eigenvalue weighted by Gasteiger charge is 2.39. The van der Waals surface area contributed by atoms with Crippen LogP contribution in [0.3, 0.4) is 0 Å². The Morgan fingerprint density at radius 1 is 1.19 bits per heavy atom. The molecule has 1 aliphatic rings. The van der Waals surface area contributed by atoms with E-state index in [2.05, 4.69) is 4.72 Å². The quantitative estimate of drug-likeness (QED) is 0.862. The van der Waals surface area contributed by atoms with Crippen molar-refractivity contribution in [3.63, 3.8) is 0 Å². The monoisotopic (exact) mass is 378 g/mol. The first-order valence-corrected chi connectivity index (χ1v) is 9.75. The van der Waals surface area contributed by atoms with E-state index in [0.29, 0.717) is 17.9 Å². The number of anilines is 1. The highest BCUT2D eigenvalue weighted by molar-refractivity contribution is 7.89. The molecule has 0 atom stereocenters. The van der Waals surface area contributed by atoms with Gasteiger partial charge in [-0.2, -0.15) is 0 Å². The third-order valence-corrected chi connectivity index (χ3v) is 5.71. The highest BCUT2D eigenvalue weighted by Crippen LogP contribution is 2.38. The van der Waals surface area contributed by atoms with Gasteiger partial charge in [0.25, 0.3) is 5.91 Å². The Bertz CT molecular complexity index is 946. The zero-order valence-electron chi connectivity index (χ0n) is 15.2. The zero-order chi connectivity index (χ0) is 19.1. The first-order valence-electron chi connectivity index (χ1n) is 8.26. The maximum absolute atomic E-state index is 12.5. The molecule has 1 aliphatic heterocycles. The van der Waals surface area contributed by atoms with Gasteiger partial charge in [-0.1, -0.05) is 0 Å². The van der Waals surface area contributed by atoms with Gasteiger partial charge >= 0.3 is 0 Å². The molecule has 0 bridgehead atoms. The molecule has 2 heterocycles. The summed E-state index contributed by atoms with van der Waals surface area (Å²) in [7, 11) is -2.06. The second-order valence-corrected chi connectivity index (χ2v) is 8.53. The molecule has 0 fully saturated rings. The fraction of sp³-hybridized carbons (Fsp3) is 0.389. The predicted octanol–water partition coefficient (Wildman–Crippen LogP) is 2.24. The molecule has 1 N–H and O–H groups in total. The van der Waals surface area contributed by atoms with E-state index in [4.69, 9.17) is 9.15 Å². The fourth-order valence-corrected chi connectivity index (χ4v) is 3.91. The number of benzene rings is 1. The number of hydrogen-bond donors (Lipinski definition) is 1. The number of rotatable bonds is 5. The molecule has 26 heavy (non-hydrogen) atoms. The number of carbonyl (C=O) groups is 1. The zero-order valence-corrected chi connectivity index (χ0v) is 16.0. The summed E-state index contributed by atoms with van der Waals surface area (Å²) in [6.07, 6.45) is 0.457. The van der Waals surface area contributed by atoms with Gasteiger partial charge in [0.05, 0.1) is 10.6 Å². The van der Waals surface area contributed by atoms with E-state index in [1.807, 2.05) is 19.1 Å². The van der Waals surface area contributed by atoms with Gasteiger partial charge in [0.2, 0.25) is 10.0 Å². The Kier molecular flexibility index (Phi) is 4.58. The average Bonchev–Trinajstić information content (AvgIpc) is 2.97. The number of hydrogen-bond acceptors (Lipinski definition) is 5. The van der Waals surface area contributed by atoms with Crippen LogP contribution >= 0.6 is 0 Å². The Labute approximate surface area is 153 Å². The molecule has 1 aromatic carbocycles. The van der Waals surface area contributed by atoms with Crippen LogP contribution in [0.2, 0.25) is 0 Å². The van der Waals surface area contributed by atoms with Crippen molar-refractivity contribution in [2.75, 3.05) is 18.5 Å². The van der Waals surface area contributed by atoms with E-state index < -0.39 is 15.6 Å². The van der Waals surface area contributed by atoms with Crippen molar-refractivity contribution in [1.29, 1.82) is 0 Å². The second kappa shape index (κ2) is 6.44. The number of furan rings is 1. The molecule has 0 saturated heterocycles. The summed E-state index contributed by atoms with van der Waals surface area (Å²) in [5.41, 5.74) is -0.506. The van der Waals surface area contributed by atoms with Crippen LogP contribution in [0, 0.1) is 6.92 Å². The number of aryl methyl sites for hydroxylation is 1. The van der Waals surface area contributed by atoms with Crippen LogP contribution in [0.25, 0.3) is 0 Å². The van der Waals surface area contributed by atoms with E-state index >= 15 is 0 Å². The lowest BCUT2D eigenvalue weighted by Gasteiger charge is -2.37. The van der Waals surface area contributed by atoms with E-state index in [9.17, 15) is 13.2 Å². The molecule has 8 heteroatoms. The van der Waals surface area contributed by atoms with Crippen molar-refractivity contribution in [3.8, 4) is 5.75 Å². The van der Waals surface area contributed by atoms with E-state index in [1.54, 1.807) is 27.0 Å². The van der Waals surface area contributed by atoms with Crippen molar-refractivity contribution in [2.24, 2.45) is 0 Å². The van der Waals surface area contributed by atoms with Crippen LogP contribution < -0.4 is 14.4 Å². The van der Waals surface area contributed by atoms with Crippen molar-refractivity contribution in [2.45, 2.75) is 37.7 Å².